The average Bonchev–Trinajstić information content (AvgIpc) is 2.30. The number of amides is 2. The van der Waals surface area contributed by atoms with Crippen molar-refractivity contribution in [2.24, 2.45) is 5.92 Å². The Morgan fingerprint density at radius 3 is 2.42 bits per heavy atom. The number of para-hydroxylation sites is 1. The van der Waals surface area contributed by atoms with Gasteiger partial charge in [0.05, 0.1) is 5.69 Å². The van der Waals surface area contributed by atoms with Gasteiger partial charge in [-0.05, 0) is 25.0 Å². The van der Waals surface area contributed by atoms with E-state index in [-0.39, 0.29) is 12.1 Å². The van der Waals surface area contributed by atoms with Crippen LogP contribution in [0.1, 0.15) is 20.8 Å². The van der Waals surface area contributed by atoms with Crippen molar-refractivity contribution in [1.29, 1.82) is 0 Å². The molecule has 0 saturated carbocycles. The molecule has 0 bridgehead atoms. The van der Waals surface area contributed by atoms with Crippen molar-refractivity contribution < 1.29 is 13.6 Å². The van der Waals surface area contributed by atoms with Crippen LogP contribution in [0.4, 0.5) is 19.3 Å². The number of halogens is 2. The molecule has 6 heteroatoms. The largest absolute Gasteiger partial charge is 0.335 e. The summed E-state index contributed by atoms with van der Waals surface area (Å²) in [7, 11) is 0. The summed E-state index contributed by atoms with van der Waals surface area (Å²) in [5.74, 6) is -2.21. The van der Waals surface area contributed by atoms with Gasteiger partial charge in [-0.2, -0.15) is 8.78 Å². The third-order valence-electron chi connectivity index (χ3n) is 2.71. The summed E-state index contributed by atoms with van der Waals surface area (Å²) < 4.78 is 24.8. The Morgan fingerprint density at radius 1 is 1.21 bits per heavy atom. The molecule has 0 spiro atoms. The molecule has 0 fully saturated rings. The lowest BCUT2D eigenvalue weighted by atomic mass is 10.1. The van der Waals surface area contributed by atoms with Gasteiger partial charge in [0.15, 0.2) is 0 Å². The summed E-state index contributed by atoms with van der Waals surface area (Å²) in [6, 6.07) is 6.13. The van der Waals surface area contributed by atoms with Crippen molar-refractivity contribution in [3.05, 3.63) is 24.3 Å². The zero-order valence-electron chi connectivity index (χ0n) is 11.1. The van der Waals surface area contributed by atoms with Crippen LogP contribution in [0.3, 0.4) is 0 Å². The maximum atomic E-state index is 12.4. The van der Waals surface area contributed by atoms with Gasteiger partial charge >= 0.3 is 6.03 Å². The lowest BCUT2D eigenvalue weighted by Crippen LogP contribution is -2.39. The molecule has 0 aromatic heterocycles. The van der Waals surface area contributed by atoms with E-state index in [1.54, 1.807) is 24.3 Å². The molecule has 1 aromatic rings. The van der Waals surface area contributed by atoms with E-state index in [1.165, 1.54) is 0 Å². The lowest BCUT2D eigenvalue weighted by Gasteiger charge is -2.18. The standard InChI is InChI=1S/C13H18F2N2OS/c1-8(2)9(3)16-13(18)17-10-6-4-5-7-11(10)19-12(14)15/h4-9,12H,1-3H3,(H2,16,17,18). The minimum atomic E-state index is -2.51. The van der Waals surface area contributed by atoms with Crippen molar-refractivity contribution in [3.63, 3.8) is 0 Å². The van der Waals surface area contributed by atoms with Crippen LogP contribution < -0.4 is 10.6 Å². The SMILES string of the molecule is CC(C)C(C)NC(=O)Nc1ccccc1SC(F)F. The number of carbonyl (C=O) groups excluding carboxylic acids is 1. The number of alkyl halides is 2. The second kappa shape index (κ2) is 7.33. The van der Waals surface area contributed by atoms with Gasteiger partial charge in [-0.1, -0.05) is 37.7 Å². The van der Waals surface area contributed by atoms with E-state index in [1.807, 2.05) is 20.8 Å². The molecule has 0 aliphatic heterocycles. The van der Waals surface area contributed by atoms with Crippen LogP contribution in [0.5, 0.6) is 0 Å². The smallest absolute Gasteiger partial charge is 0.319 e. The van der Waals surface area contributed by atoms with E-state index in [2.05, 4.69) is 10.6 Å². The fraction of sp³-hybridized carbons (Fsp3) is 0.462. The monoisotopic (exact) mass is 288 g/mol. The lowest BCUT2D eigenvalue weighted by molar-refractivity contribution is 0.245. The van der Waals surface area contributed by atoms with Crippen LogP contribution in [0, 0.1) is 5.92 Å². The molecule has 2 N–H and O–H groups in total. The molecular formula is C13H18F2N2OS. The third kappa shape index (κ3) is 5.46. The number of benzene rings is 1. The van der Waals surface area contributed by atoms with Crippen molar-refractivity contribution >= 4 is 23.5 Å². The van der Waals surface area contributed by atoms with Gasteiger partial charge in [-0.15, -0.1) is 0 Å². The van der Waals surface area contributed by atoms with Gasteiger partial charge in [0.25, 0.3) is 5.76 Å². The second-order valence-corrected chi connectivity index (χ2v) is 5.54. The van der Waals surface area contributed by atoms with Gasteiger partial charge < -0.3 is 10.6 Å². The molecule has 2 amide bonds. The fourth-order valence-electron chi connectivity index (χ4n) is 1.30. The first-order valence-corrected chi connectivity index (χ1v) is 6.89. The first-order valence-electron chi connectivity index (χ1n) is 6.01. The summed E-state index contributed by atoms with van der Waals surface area (Å²) in [6.07, 6.45) is 0. The van der Waals surface area contributed by atoms with Crippen LogP contribution in [-0.2, 0) is 0 Å². The molecule has 19 heavy (non-hydrogen) atoms. The van der Waals surface area contributed by atoms with Gasteiger partial charge in [0, 0.05) is 10.9 Å². The number of hydrogen-bond donors (Lipinski definition) is 2. The number of carbonyl (C=O) groups is 1. The number of nitrogens with one attached hydrogen (secondary N) is 2. The first kappa shape index (κ1) is 15.8. The van der Waals surface area contributed by atoms with Crippen molar-refractivity contribution in [2.45, 2.75) is 37.5 Å². The number of urea groups is 1. The van der Waals surface area contributed by atoms with E-state index >= 15 is 0 Å². The predicted molar refractivity (Wildman–Crippen MR) is 74.8 cm³/mol. The molecule has 0 heterocycles. The zero-order chi connectivity index (χ0) is 14.4. The van der Waals surface area contributed by atoms with Gasteiger partial charge in [-0.3, -0.25) is 0 Å². The van der Waals surface area contributed by atoms with Gasteiger partial charge in [-0.25, -0.2) is 4.79 Å². The number of rotatable bonds is 5. The summed E-state index contributed by atoms with van der Waals surface area (Å²) in [6.45, 7) is 5.88. The van der Waals surface area contributed by atoms with Crippen LogP contribution in [0.2, 0.25) is 0 Å². The molecule has 0 aliphatic carbocycles. The molecule has 1 unspecified atom stereocenters. The highest BCUT2D eigenvalue weighted by molar-refractivity contribution is 7.99. The van der Waals surface area contributed by atoms with E-state index in [0.29, 0.717) is 28.3 Å². The Labute approximate surface area is 116 Å². The molecule has 0 aliphatic rings. The average molecular weight is 288 g/mol. The zero-order valence-corrected chi connectivity index (χ0v) is 11.9. The third-order valence-corrected chi connectivity index (χ3v) is 3.50. The molecular weight excluding hydrogens is 270 g/mol. The fourth-order valence-corrected chi connectivity index (χ4v) is 1.90. The normalized spacial score (nSPS) is 12.6. The molecule has 1 rings (SSSR count). The Bertz CT molecular complexity index is 427. The van der Waals surface area contributed by atoms with Gasteiger partial charge in [0.1, 0.15) is 0 Å². The first-order chi connectivity index (χ1) is 8.90. The highest BCUT2D eigenvalue weighted by Crippen LogP contribution is 2.31. The topological polar surface area (TPSA) is 41.1 Å². The minimum Gasteiger partial charge on any atom is -0.335 e. The number of thioether (sulfide) groups is 1. The maximum absolute atomic E-state index is 12.4. The molecule has 1 aromatic carbocycles. The Kier molecular flexibility index (Phi) is 6.08. The molecule has 3 nitrogen and oxygen atoms in total. The molecule has 1 atom stereocenters. The Morgan fingerprint density at radius 2 is 1.84 bits per heavy atom. The van der Waals surface area contributed by atoms with E-state index < -0.39 is 5.76 Å². The van der Waals surface area contributed by atoms with Crippen molar-refractivity contribution in [1.82, 2.24) is 5.32 Å². The minimum absolute atomic E-state index is 0.00918. The molecule has 106 valence electrons. The second-order valence-electron chi connectivity index (χ2n) is 4.51. The molecule has 0 saturated heterocycles. The van der Waals surface area contributed by atoms with Crippen LogP contribution in [0.15, 0.2) is 29.2 Å². The van der Waals surface area contributed by atoms with Crippen LogP contribution in [0.25, 0.3) is 0 Å². The van der Waals surface area contributed by atoms with E-state index in [0.717, 1.165) is 0 Å². The summed E-state index contributed by atoms with van der Waals surface area (Å²) in [5.41, 5.74) is 0.390. The van der Waals surface area contributed by atoms with Crippen molar-refractivity contribution in [3.8, 4) is 0 Å². The summed E-state index contributed by atoms with van der Waals surface area (Å²) in [4.78, 5) is 12.1. The van der Waals surface area contributed by atoms with Crippen LogP contribution in [-0.4, -0.2) is 17.8 Å². The maximum Gasteiger partial charge on any atom is 0.319 e. The van der Waals surface area contributed by atoms with Crippen LogP contribution >= 0.6 is 11.8 Å². The highest BCUT2D eigenvalue weighted by atomic mass is 32.2. The quantitative estimate of drug-likeness (QED) is 0.798. The predicted octanol–water partition coefficient (Wildman–Crippen LogP) is 4.17. The van der Waals surface area contributed by atoms with Crippen molar-refractivity contribution in [2.75, 3.05) is 5.32 Å². The number of hydrogen-bond acceptors (Lipinski definition) is 2. The summed E-state index contributed by atoms with van der Waals surface area (Å²) >= 11 is 0.416. The highest BCUT2D eigenvalue weighted by Gasteiger charge is 2.14. The van der Waals surface area contributed by atoms with Gasteiger partial charge in [0.2, 0.25) is 0 Å². The molecule has 0 radical (unpaired) electrons. The van der Waals surface area contributed by atoms with E-state index in [4.69, 9.17) is 0 Å². The Hall–Kier alpha value is -1.30. The Balaban J connectivity index is 2.68. The summed E-state index contributed by atoms with van der Waals surface area (Å²) in [5, 5.41) is 5.36. The van der Waals surface area contributed by atoms with E-state index in [9.17, 15) is 13.6 Å². The number of anilines is 1.